The normalized spacial score (nSPS) is 17.6. The number of fused-ring (bicyclic) bond motifs is 1. The van der Waals surface area contributed by atoms with Crippen molar-refractivity contribution in [2.24, 2.45) is 0 Å². The van der Waals surface area contributed by atoms with E-state index in [4.69, 9.17) is 4.74 Å². The summed E-state index contributed by atoms with van der Waals surface area (Å²) in [6.45, 7) is 6.43. The number of benzene rings is 1. The molecule has 0 saturated carbocycles. The summed E-state index contributed by atoms with van der Waals surface area (Å²) in [6.07, 6.45) is 4.69. The number of carbonyl (C=O) groups excluding carboxylic acids is 1. The molecule has 1 saturated heterocycles. The number of piperazine rings is 1. The van der Waals surface area contributed by atoms with Crippen molar-refractivity contribution >= 4 is 15.9 Å². The van der Waals surface area contributed by atoms with Crippen LogP contribution in [-0.2, 0) is 23.0 Å². The van der Waals surface area contributed by atoms with Gasteiger partial charge in [-0.15, -0.1) is 0 Å². The summed E-state index contributed by atoms with van der Waals surface area (Å²) >= 11 is 0. The molecular weight excluding hydrogens is 404 g/mol. The van der Waals surface area contributed by atoms with E-state index in [1.807, 2.05) is 18.5 Å². The minimum Gasteiger partial charge on any atom is -0.494 e. The fourth-order valence-electron chi connectivity index (χ4n) is 4.15. The molecule has 0 atom stereocenters. The fourth-order valence-corrected chi connectivity index (χ4v) is 5.66. The van der Waals surface area contributed by atoms with Crippen molar-refractivity contribution in [2.45, 2.75) is 44.6 Å². The third-order valence-electron chi connectivity index (χ3n) is 5.82. The van der Waals surface area contributed by atoms with Gasteiger partial charge in [0.25, 0.3) is 5.91 Å². The van der Waals surface area contributed by atoms with Crippen LogP contribution in [0.15, 0.2) is 29.3 Å². The molecule has 1 fully saturated rings. The molecule has 1 aromatic carbocycles. The van der Waals surface area contributed by atoms with Crippen molar-refractivity contribution in [3.8, 4) is 5.75 Å². The summed E-state index contributed by atoms with van der Waals surface area (Å²) in [5, 5.41) is 4.35. The summed E-state index contributed by atoms with van der Waals surface area (Å²) in [5.41, 5.74) is 2.46. The van der Waals surface area contributed by atoms with Gasteiger partial charge in [0.1, 0.15) is 5.75 Å². The Morgan fingerprint density at radius 2 is 1.90 bits per heavy atom. The quantitative estimate of drug-likeness (QED) is 0.722. The lowest BCUT2D eigenvalue weighted by Crippen LogP contribution is -2.50. The van der Waals surface area contributed by atoms with Gasteiger partial charge in [0, 0.05) is 32.7 Å². The van der Waals surface area contributed by atoms with Crippen LogP contribution in [0.2, 0.25) is 0 Å². The molecule has 3 heterocycles. The second-order valence-electron chi connectivity index (χ2n) is 7.74. The minimum absolute atomic E-state index is 0.0490. The second kappa shape index (κ2) is 8.39. The Morgan fingerprint density at radius 1 is 1.13 bits per heavy atom. The van der Waals surface area contributed by atoms with Gasteiger partial charge in [0.15, 0.2) is 0 Å². The molecule has 2 aliphatic rings. The molecule has 9 heteroatoms. The van der Waals surface area contributed by atoms with E-state index in [2.05, 4.69) is 5.10 Å². The monoisotopic (exact) mass is 432 g/mol. The fraction of sp³-hybridized carbons (Fsp3) is 0.524. The van der Waals surface area contributed by atoms with Crippen LogP contribution in [0.4, 0.5) is 0 Å². The molecule has 2 aliphatic heterocycles. The first-order valence-corrected chi connectivity index (χ1v) is 11.9. The summed E-state index contributed by atoms with van der Waals surface area (Å²) < 4.78 is 35.0. The Balaban J connectivity index is 1.44. The Hall–Kier alpha value is -2.39. The highest BCUT2D eigenvalue weighted by Gasteiger charge is 2.32. The molecule has 4 rings (SSSR count). The van der Waals surface area contributed by atoms with Gasteiger partial charge in [0.2, 0.25) is 10.0 Å². The summed E-state index contributed by atoms with van der Waals surface area (Å²) in [6, 6.07) is 4.94. The van der Waals surface area contributed by atoms with Crippen molar-refractivity contribution < 1.29 is 17.9 Å². The molecule has 1 aromatic heterocycles. The molecule has 0 unspecified atom stereocenters. The van der Waals surface area contributed by atoms with E-state index in [0.29, 0.717) is 31.0 Å². The standard InChI is InChI=1S/C21H28N4O4S/c1-3-29-20-8-7-17(14-16(20)2)30(27,28)24-12-10-23(11-13-24)21(26)18-15-22-25-9-5-4-6-19(18)25/h7-8,14-15H,3-6,9-13H2,1-2H3. The zero-order chi connectivity index (χ0) is 21.3. The van der Waals surface area contributed by atoms with Crippen molar-refractivity contribution in [3.63, 3.8) is 0 Å². The van der Waals surface area contributed by atoms with Gasteiger partial charge in [0.05, 0.1) is 29.0 Å². The third kappa shape index (κ3) is 3.83. The topological polar surface area (TPSA) is 84.7 Å². The predicted octanol–water partition coefficient (Wildman–Crippen LogP) is 2.07. The number of rotatable bonds is 5. The lowest BCUT2D eigenvalue weighted by molar-refractivity contribution is 0.0696. The molecule has 0 spiro atoms. The first-order chi connectivity index (χ1) is 14.4. The lowest BCUT2D eigenvalue weighted by atomic mass is 10.1. The van der Waals surface area contributed by atoms with E-state index in [1.165, 1.54) is 4.31 Å². The highest BCUT2D eigenvalue weighted by molar-refractivity contribution is 7.89. The number of carbonyl (C=O) groups is 1. The Kier molecular flexibility index (Phi) is 5.84. The van der Waals surface area contributed by atoms with Crippen LogP contribution >= 0.6 is 0 Å². The van der Waals surface area contributed by atoms with Crippen molar-refractivity contribution in [1.82, 2.24) is 19.0 Å². The first-order valence-electron chi connectivity index (χ1n) is 10.5. The Morgan fingerprint density at radius 3 is 2.60 bits per heavy atom. The van der Waals surface area contributed by atoms with Crippen LogP contribution in [0.1, 0.15) is 41.4 Å². The smallest absolute Gasteiger partial charge is 0.257 e. The van der Waals surface area contributed by atoms with Crippen LogP contribution in [0.25, 0.3) is 0 Å². The lowest BCUT2D eigenvalue weighted by Gasteiger charge is -2.34. The van der Waals surface area contributed by atoms with Crippen LogP contribution in [0.3, 0.4) is 0 Å². The zero-order valence-corrected chi connectivity index (χ0v) is 18.3. The maximum atomic E-state index is 13.1. The second-order valence-corrected chi connectivity index (χ2v) is 9.68. The van der Waals surface area contributed by atoms with Crippen LogP contribution in [-0.4, -0.2) is 66.1 Å². The number of hydrogen-bond donors (Lipinski definition) is 0. The maximum absolute atomic E-state index is 13.1. The molecule has 8 nitrogen and oxygen atoms in total. The van der Waals surface area contributed by atoms with E-state index in [-0.39, 0.29) is 23.9 Å². The highest BCUT2D eigenvalue weighted by Crippen LogP contribution is 2.25. The van der Waals surface area contributed by atoms with Crippen molar-refractivity contribution in [1.29, 1.82) is 0 Å². The van der Waals surface area contributed by atoms with Crippen molar-refractivity contribution in [3.05, 3.63) is 41.2 Å². The number of nitrogens with zero attached hydrogens (tertiary/aromatic N) is 4. The van der Waals surface area contributed by atoms with Gasteiger partial charge in [-0.25, -0.2) is 8.42 Å². The van der Waals surface area contributed by atoms with E-state index in [9.17, 15) is 13.2 Å². The summed E-state index contributed by atoms with van der Waals surface area (Å²) in [4.78, 5) is 15.0. The first kappa shape index (κ1) is 20.9. The predicted molar refractivity (Wildman–Crippen MR) is 112 cm³/mol. The number of hydrogen-bond acceptors (Lipinski definition) is 5. The SMILES string of the molecule is CCOc1ccc(S(=O)(=O)N2CCN(C(=O)c3cnn4c3CCCC4)CC2)cc1C. The maximum Gasteiger partial charge on any atom is 0.257 e. The average Bonchev–Trinajstić information content (AvgIpc) is 3.19. The molecule has 0 aliphatic carbocycles. The van der Waals surface area contributed by atoms with Crippen LogP contribution in [0, 0.1) is 6.92 Å². The molecule has 0 N–H and O–H groups in total. The van der Waals surface area contributed by atoms with Gasteiger partial charge < -0.3 is 9.64 Å². The van der Waals surface area contributed by atoms with E-state index in [0.717, 1.165) is 37.1 Å². The third-order valence-corrected chi connectivity index (χ3v) is 7.72. The number of sulfonamides is 1. The number of amides is 1. The highest BCUT2D eigenvalue weighted by atomic mass is 32.2. The van der Waals surface area contributed by atoms with Crippen LogP contribution < -0.4 is 4.74 Å². The number of aryl methyl sites for hydroxylation is 2. The molecule has 1 amide bonds. The minimum atomic E-state index is -3.61. The van der Waals surface area contributed by atoms with Gasteiger partial charge in [-0.3, -0.25) is 9.48 Å². The van der Waals surface area contributed by atoms with Gasteiger partial charge >= 0.3 is 0 Å². The van der Waals surface area contributed by atoms with E-state index < -0.39 is 10.0 Å². The van der Waals surface area contributed by atoms with Gasteiger partial charge in [-0.1, -0.05) is 0 Å². The van der Waals surface area contributed by atoms with Gasteiger partial charge in [-0.05, 0) is 56.9 Å². The molecule has 30 heavy (non-hydrogen) atoms. The zero-order valence-electron chi connectivity index (χ0n) is 17.5. The molecular formula is C21H28N4O4S. The molecule has 0 radical (unpaired) electrons. The Labute approximate surface area is 177 Å². The van der Waals surface area contributed by atoms with E-state index in [1.54, 1.807) is 29.3 Å². The van der Waals surface area contributed by atoms with Crippen LogP contribution in [0.5, 0.6) is 5.75 Å². The molecule has 162 valence electrons. The average molecular weight is 433 g/mol. The molecule has 2 aromatic rings. The molecule has 0 bridgehead atoms. The Bertz CT molecular complexity index is 1040. The van der Waals surface area contributed by atoms with E-state index >= 15 is 0 Å². The largest absolute Gasteiger partial charge is 0.494 e. The van der Waals surface area contributed by atoms with Gasteiger partial charge in [-0.2, -0.15) is 9.40 Å². The summed E-state index contributed by atoms with van der Waals surface area (Å²) in [5.74, 6) is 0.642. The number of aromatic nitrogens is 2. The number of ether oxygens (including phenoxy) is 1. The summed E-state index contributed by atoms with van der Waals surface area (Å²) in [7, 11) is -3.61. The van der Waals surface area contributed by atoms with Crippen molar-refractivity contribution in [2.75, 3.05) is 32.8 Å².